The molecular formula is C19H23N3O2S. The zero-order valence-corrected chi connectivity index (χ0v) is 15.5. The summed E-state index contributed by atoms with van der Waals surface area (Å²) in [6.45, 7) is 5.30. The van der Waals surface area contributed by atoms with Crippen molar-refractivity contribution >= 4 is 17.7 Å². The molecule has 25 heavy (non-hydrogen) atoms. The molecule has 1 amide bonds. The number of benzene rings is 1. The Morgan fingerprint density at radius 2 is 2.20 bits per heavy atom. The number of thioether (sulfide) groups is 1. The fraction of sp³-hybridized carbons (Fsp3) is 0.421. The fourth-order valence-electron chi connectivity index (χ4n) is 2.98. The van der Waals surface area contributed by atoms with E-state index in [2.05, 4.69) is 16.9 Å². The van der Waals surface area contributed by atoms with Crippen LogP contribution in [0.15, 0.2) is 41.4 Å². The number of ether oxygens (including phenoxy) is 1. The van der Waals surface area contributed by atoms with E-state index in [-0.39, 0.29) is 12.0 Å². The highest BCUT2D eigenvalue weighted by Gasteiger charge is 2.27. The molecular weight excluding hydrogens is 334 g/mol. The first-order valence-corrected chi connectivity index (χ1v) is 9.63. The van der Waals surface area contributed by atoms with E-state index < -0.39 is 0 Å². The van der Waals surface area contributed by atoms with Crippen LogP contribution >= 0.6 is 11.8 Å². The van der Waals surface area contributed by atoms with E-state index in [9.17, 15) is 4.79 Å². The number of rotatable bonds is 5. The van der Waals surface area contributed by atoms with Crippen LogP contribution in [0, 0.1) is 6.92 Å². The molecule has 2 heterocycles. The van der Waals surface area contributed by atoms with Crippen LogP contribution < -0.4 is 4.74 Å². The summed E-state index contributed by atoms with van der Waals surface area (Å²) < 4.78 is 5.98. The third-order valence-electron chi connectivity index (χ3n) is 4.12. The van der Waals surface area contributed by atoms with E-state index in [1.54, 1.807) is 24.0 Å². The Morgan fingerprint density at radius 3 is 3.00 bits per heavy atom. The number of carbonyl (C=O) groups is 1. The summed E-state index contributed by atoms with van der Waals surface area (Å²) in [6.07, 6.45) is 3.53. The van der Waals surface area contributed by atoms with Crippen molar-refractivity contribution in [1.29, 1.82) is 0 Å². The quantitative estimate of drug-likeness (QED) is 0.766. The smallest absolute Gasteiger partial charge is 0.255 e. The Hall–Kier alpha value is -2.08. The van der Waals surface area contributed by atoms with E-state index in [1.165, 1.54) is 0 Å². The predicted molar refractivity (Wildman–Crippen MR) is 99.2 cm³/mol. The van der Waals surface area contributed by atoms with Gasteiger partial charge in [0.05, 0.1) is 12.1 Å². The Balaban J connectivity index is 1.69. The third-order valence-corrected chi connectivity index (χ3v) is 5.08. The molecule has 0 bridgehead atoms. The van der Waals surface area contributed by atoms with Gasteiger partial charge in [-0.2, -0.15) is 4.98 Å². The summed E-state index contributed by atoms with van der Waals surface area (Å²) >= 11 is 1.70. The van der Waals surface area contributed by atoms with Gasteiger partial charge in [-0.3, -0.25) is 4.79 Å². The van der Waals surface area contributed by atoms with Gasteiger partial charge in [0.25, 0.3) is 5.91 Å². The second kappa shape index (κ2) is 8.34. The summed E-state index contributed by atoms with van der Waals surface area (Å²) in [5.41, 5.74) is 0.785. The molecule has 0 radical (unpaired) electrons. The lowest BCUT2D eigenvalue weighted by Gasteiger charge is -2.33. The van der Waals surface area contributed by atoms with Crippen molar-refractivity contribution in [3.05, 3.63) is 47.9 Å². The first-order valence-electron chi connectivity index (χ1n) is 8.64. The molecule has 1 fully saturated rings. The number of nitrogens with zero attached hydrogens (tertiary/aromatic N) is 3. The molecule has 1 aromatic carbocycles. The largest absolute Gasteiger partial charge is 0.472 e. The van der Waals surface area contributed by atoms with E-state index in [0.717, 1.165) is 35.6 Å². The molecule has 6 heteroatoms. The lowest BCUT2D eigenvalue weighted by atomic mass is 10.1. The molecule has 0 spiro atoms. The highest BCUT2D eigenvalue weighted by Crippen LogP contribution is 2.25. The topological polar surface area (TPSA) is 55.3 Å². The zero-order valence-electron chi connectivity index (χ0n) is 14.6. The number of aromatic nitrogens is 2. The first kappa shape index (κ1) is 17.7. The molecule has 1 aromatic heterocycles. The fourth-order valence-corrected chi connectivity index (χ4v) is 3.78. The van der Waals surface area contributed by atoms with Crippen molar-refractivity contribution in [2.24, 2.45) is 0 Å². The summed E-state index contributed by atoms with van der Waals surface area (Å²) in [4.78, 5) is 24.3. The van der Waals surface area contributed by atoms with Crippen LogP contribution in [0.2, 0.25) is 0 Å². The summed E-state index contributed by atoms with van der Waals surface area (Å²) in [5, 5.41) is 0. The zero-order chi connectivity index (χ0) is 17.6. The maximum Gasteiger partial charge on any atom is 0.255 e. The number of aryl methyl sites for hydroxylation is 1. The molecule has 1 saturated heterocycles. The highest BCUT2D eigenvalue weighted by molar-refractivity contribution is 7.99. The average Bonchev–Trinajstić information content (AvgIpc) is 2.62. The van der Waals surface area contributed by atoms with Crippen molar-refractivity contribution in [3.8, 4) is 5.88 Å². The van der Waals surface area contributed by atoms with Gasteiger partial charge < -0.3 is 9.64 Å². The normalized spacial score (nSPS) is 17.4. The third kappa shape index (κ3) is 4.51. The van der Waals surface area contributed by atoms with Crippen molar-refractivity contribution in [2.75, 3.05) is 18.8 Å². The van der Waals surface area contributed by atoms with Crippen LogP contribution in [0.25, 0.3) is 0 Å². The minimum Gasteiger partial charge on any atom is -0.472 e. The van der Waals surface area contributed by atoms with Gasteiger partial charge in [-0.05, 0) is 37.7 Å². The van der Waals surface area contributed by atoms with Crippen LogP contribution in [0.5, 0.6) is 5.88 Å². The van der Waals surface area contributed by atoms with Gasteiger partial charge in [0.2, 0.25) is 5.88 Å². The number of hydrogen-bond donors (Lipinski definition) is 0. The molecule has 0 saturated carbocycles. The molecule has 1 unspecified atom stereocenters. The lowest BCUT2D eigenvalue weighted by molar-refractivity contribution is 0.0524. The van der Waals surface area contributed by atoms with Crippen LogP contribution in [0.4, 0.5) is 0 Å². The van der Waals surface area contributed by atoms with Crippen LogP contribution in [0.3, 0.4) is 0 Å². The van der Waals surface area contributed by atoms with Gasteiger partial charge in [0, 0.05) is 23.7 Å². The minimum atomic E-state index is -0.0296. The number of likely N-dealkylation sites (tertiary alicyclic amines) is 1. The van der Waals surface area contributed by atoms with Gasteiger partial charge in [0.1, 0.15) is 11.9 Å². The maximum absolute atomic E-state index is 13.0. The van der Waals surface area contributed by atoms with Crippen LogP contribution in [-0.2, 0) is 0 Å². The molecule has 1 aliphatic heterocycles. The monoisotopic (exact) mass is 357 g/mol. The minimum absolute atomic E-state index is 0.0296. The Morgan fingerprint density at radius 1 is 1.36 bits per heavy atom. The lowest BCUT2D eigenvalue weighted by Crippen LogP contribution is -2.44. The number of piperidine rings is 1. The van der Waals surface area contributed by atoms with Crippen molar-refractivity contribution < 1.29 is 9.53 Å². The molecule has 0 aliphatic carbocycles. The van der Waals surface area contributed by atoms with E-state index in [0.29, 0.717) is 18.2 Å². The second-order valence-electron chi connectivity index (χ2n) is 6.00. The summed E-state index contributed by atoms with van der Waals surface area (Å²) in [6, 6.07) is 9.60. The molecule has 132 valence electrons. The van der Waals surface area contributed by atoms with Gasteiger partial charge in [-0.25, -0.2) is 4.98 Å². The standard InChI is InChI=1S/C19H23N3O2S/c1-3-25-17-9-5-4-8-16(17)19(23)22-12-6-7-15(13-22)24-18-10-11-20-14(2)21-18/h4-5,8-11,15H,3,6-7,12-13H2,1-2H3. The SMILES string of the molecule is CCSc1ccccc1C(=O)N1CCCC(Oc2ccnc(C)n2)C1. The summed E-state index contributed by atoms with van der Waals surface area (Å²) in [5.74, 6) is 2.30. The molecule has 3 rings (SSSR count). The summed E-state index contributed by atoms with van der Waals surface area (Å²) in [7, 11) is 0. The number of hydrogen-bond acceptors (Lipinski definition) is 5. The molecule has 2 aromatic rings. The Kier molecular flexibility index (Phi) is 5.91. The molecule has 5 nitrogen and oxygen atoms in total. The van der Waals surface area contributed by atoms with Gasteiger partial charge in [-0.15, -0.1) is 11.8 Å². The Labute approximate surface area is 152 Å². The van der Waals surface area contributed by atoms with Crippen molar-refractivity contribution in [3.63, 3.8) is 0 Å². The van der Waals surface area contributed by atoms with Gasteiger partial charge in [0.15, 0.2) is 0 Å². The van der Waals surface area contributed by atoms with E-state index in [4.69, 9.17) is 4.74 Å². The number of carbonyl (C=O) groups excluding carboxylic acids is 1. The maximum atomic E-state index is 13.0. The van der Waals surface area contributed by atoms with Crippen LogP contribution in [0.1, 0.15) is 35.9 Å². The second-order valence-corrected chi connectivity index (χ2v) is 7.31. The van der Waals surface area contributed by atoms with Gasteiger partial charge in [-0.1, -0.05) is 19.1 Å². The first-order chi connectivity index (χ1) is 12.2. The number of amides is 1. The molecule has 1 atom stereocenters. The van der Waals surface area contributed by atoms with Crippen LogP contribution in [-0.4, -0.2) is 45.7 Å². The van der Waals surface area contributed by atoms with E-state index >= 15 is 0 Å². The van der Waals surface area contributed by atoms with E-state index in [1.807, 2.05) is 36.1 Å². The average molecular weight is 357 g/mol. The molecule has 1 aliphatic rings. The predicted octanol–water partition coefficient (Wildman–Crippen LogP) is 3.58. The van der Waals surface area contributed by atoms with Crippen molar-refractivity contribution in [2.45, 2.75) is 37.7 Å². The van der Waals surface area contributed by atoms with Crippen molar-refractivity contribution in [1.82, 2.24) is 14.9 Å². The molecule has 0 N–H and O–H groups in total. The van der Waals surface area contributed by atoms with Gasteiger partial charge >= 0.3 is 0 Å². The Bertz CT molecular complexity index is 738. The highest BCUT2D eigenvalue weighted by atomic mass is 32.2.